The fourth-order valence-corrected chi connectivity index (χ4v) is 2.48. The molecule has 0 amide bonds. The zero-order valence-electron chi connectivity index (χ0n) is 4.57. The summed E-state index contributed by atoms with van der Waals surface area (Å²) in [6.45, 7) is 0. The fourth-order valence-electron chi connectivity index (χ4n) is 0.469. The zero-order chi connectivity index (χ0) is 6.69. The van der Waals surface area contributed by atoms with Crippen LogP contribution in [0.4, 0.5) is 4.39 Å². The van der Waals surface area contributed by atoms with Crippen molar-refractivity contribution in [1.82, 2.24) is 0 Å². The number of rotatable bonds is 1. The van der Waals surface area contributed by atoms with Crippen LogP contribution in [-0.4, -0.2) is 9.89 Å². The van der Waals surface area contributed by atoms with Crippen LogP contribution in [0, 0.1) is 0 Å². The number of hydrogen-bond acceptors (Lipinski definition) is 0. The highest BCUT2D eigenvalue weighted by atomic mass is 127. The summed E-state index contributed by atoms with van der Waals surface area (Å²) in [7, 11) is 0. The van der Waals surface area contributed by atoms with Gasteiger partial charge < -0.3 is 0 Å². The van der Waals surface area contributed by atoms with Crippen molar-refractivity contribution in [1.29, 1.82) is 0 Å². The Kier molecular flexibility index (Phi) is 2.85. The molecule has 0 unspecified atom stereocenters. The maximum Gasteiger partial charge on any atom is 0.133 e. The molecule has 1 heterocycles. The summed E-state index contributed by atoms with van der Waals surface area (Å²) in [6.07, 6.45) is 3.21. The van der Waals surface area contributed by atoms with Crippen LogP contribution in [0.2, 0.25) is 0 Å². The maximum absolute atomic E-state index is 12.6. The molecule has 1 aliphatic rings. The van der Waals surface area contributed by atoms with Crippen LogP contribution in [0.15, 0.2) is 21.6 Å². The smallest absolute Gasteiger partial charge is 0.133 e. The molecule has 0 saturated carbocycles. The Morgan fingerprint density at radius 2 is 2.44 bits per heavy atom. The minimum Gasteiger partial charge on any atom is -0.206 e. The van der Waals surface area contributed by atoms with Gasteiger partial charge >= 0.3 is 0 Å². The molecule has 0 fully saturated rings. The first-order chi connectivity index (χ1) is 4.34. The summed E-state index contributed by atoms with van der Waals surface area (Å²) in [5, 5.41) is 0. The molecule has 0 aliphatic carbocycles. The Hall–Kier alpha value is 0.300. The highest BCUT2D eigenvalue weighted by Gasteiger charge is 2.00. The second-order valence-electron chi connectivity index (χ2n) is 1.48. The van der Waals surface area contributed by atoms with E-state index in [0.717, 1.165) is 3.58 Å². The predicted molar refractivity (Wildman–Crippen MR) is 48.1 cm³/mol. The van der Waals surface area contributed by atoms with Crippen LogP contribution in [0.1, 0.15) is 0 Å². The quantitative estimate of drug-likeness (QED) is 0.501. The van der Waals surface area contributed by atoms with E-state index in [-0.39, 0.29) is 26.6 Å². The van der Waals surface area contributed by atoms with Crippen molar-refractivity contribution in [2.45, 2.75) is 0 Å². The normalized spacial score (nSPS) is 18.0. The summed E-state index contributed by atoms with van der Waals surface area (Å²) in [6, 6.07) is 0. The first-order valence-electron chi connectivity index (χ1n) is 2.42. The third kappa shape index (κ3) is 1.86. The van der Waals surface area contributed by atoms with Crippen molar-refractivity contribution in [3.8, 4) is 0 Å². The van der Waals surface area contributed by atoms with Gasteiger partial charge in [-0.2, -0.15) is 0 Å². The Labute approximate surface area is 68.1 Å². The van der Waals surface area contributed by atoms with Gasteiger partial charge in [0.05, 0.1) is 5.88 Å². The molecule has 0 N–H and O–H groups in total. The lowest BCUT2D eigenvalue weighted by Crippen LogP contribution is -1.81. The van der Waals surface area contributed by atoms with E-state index < -0.39 is 0 Å². The molecule has 1 aliphatic heterocycles. The van der Waals surface area contributed by atoms with Gasteiger partial charge in [0.15, 0.2) is 0 Å². The third-order valence-electron chi connectivity index (χ3n) is 0.886. The molecule has 0 bridgehead atoms. The van der Waals surface area contributed by atoms with Crippen molar-refractivity contribution < 1.29 is 4.39 Å². The molecule has 3 heteroatoms. The van der Waals surface area contributed by atoms with E-state index in [1.165, 1.54) is 6.08 Å². The molecule has 50 valence electrons. The maximum atomic E-state index is 12.6. The average molecular weight is 258 g/mol. The molecule has 0 aromatic heterocycles. The van der Waals surface area contributed by atoms with Crippen LogP contribution in [0.25, 0.3) is 0 Å². The van der Waals surface area contributed by atoms with Crippen molar-refractivity contribution in [3.63, 3.8) is 0 Å². The molecular formula is C6H5ClFI. The van der Waals surface area contributed by atoms with E-state index in [1.54, 1.807) is 6.08 Å². The van der Waals surface area contributed by atoms with E-state index in [9.17, 15) is 4.39 Å². The van der Waals surface area contributed by atoms with Crippen molar-refractivity contribution in [3.05, 3.63) is 21.6 Å². The van der Waals surface area contributed by atoms with Crippen LogP contribution in [0.3, 0.4) is 0 Å². The fraction of sp³-hybridized carbons (Fsp3) is 0.167. The van der Waals surface area contributed by atoms with Crippen LogP contribution >= 0.6 is 32.3 Å². The van der Waals surface area contributed by atoms with Gasteiger partial charge in [-0.05, 0) is 10.1 Å². The highest BCUT2D eigenvalue weighted by molar-refractivity contribution is 14.2. The lowest BCUT2D eigenvalue weighted by molar-refractivity contribution is 0.664. The first-order valence-corrected chi connectivity index (χ1v) is 5.28. The van der Waals surface area contributed by atoms with Crippen LogP contribution in [-0.2, 0) is 0 Å². The first kappa shape index (κ1) is 7.41. The third-order valence-corrected chi connectivity index (χ3v) is 4.03. The van der Waals surface area contributed by atoms with Gasteiger partial charge in [-0.15, -0.1) is 11.6 Å². The molecule has 0 atom stereocenters. The van der Waals surface area contributed by atoms with Crippen molar-refractivity contribution in [2.24, 2.45) is 0 Å². The number of alkyl halides is 1. The summed E-state index contributed by atoms with van der Waals surface area (Å²) < 4.78 is 15.4. The van der Waals surface area contributed by atoms with Crippen LogP contribution < -0.4 is 0 Å². The van der Waals surface area contributed by atoms with Gasteiger partial charge in [-0.25, -0.2) is 4.39 Å². The molecular weight excluding hydrogens is 253 g/mol. The largest absolute Gasteiger partial charge is 0.206 e. The molecule has 9 heavy (non-hydrogen) atoms. The lowest BCUT2D eigenvalue weighted by atomic mass is 10.4. The van der Waals surface area contributed by atoms with E-state index in [1.807, 2.05) is 4.01 Å². The Balaban J connectivity index is 2.88. The molecule has 1 rings (SSSR count). The summed E-state index contributed by atoms with van der Waals surface area (Å²) in [5.41, 5.74) is 0. The minimum absolute atomic E-state index is 0.125. The Morgan fingerprint density at radius 3 is 2.89 bits per heavy atom. The lowest BCUT2D eigenvalue weighted by Gasteiger charge is -1.97. The summed E-state index contributed by atoms with van der Waals surface area (Å²) in [4.78, 5) is 0. The van der Waals surface area contributed by atoms with Gasteiger partial charge in [0.1, 0.15) is 5.83 Å². The van der Waals surface area contributed by atoms with E-state index in [0.29, 0.717) is 5.88 Å². The van der Waals surface area contributed by atoms with Gasteiger partial charge in [-0.1, -0.05) is 26.8 Å². The zero-order valence-corrected chi connectivity index (χ0v) is 7.49. The second-order valence-corrected chi connectivity index (χ2v) is 4.39. The summed E-state index contributed by atoms with van der Waals surface area (Å²) >= 11 is 5.22. The van der Waals surface area contributed by atoms with Gasteiger partial charge in [0.2, 0.25) is 0 Å². The minimum atomic E-state index is -0.231. The molecule has 0 nitrogen and oxygen atoms in total. The van der Waals surface area contributed by atoms with Crippen LogP contribution in [0.5, 0.6) is 0 Å². The SMILES string of the molecule is FC1=C(CCl)I=CC=C1. The molecule has 0 aromatic carbocycles. The van der Waals surface area contributed by atoms with Gasteiger partial charge in [-0.3, -0.25) is 0 Å². The second kappa shape index (κ2) is 3.46. The Bertz CT molecular complexity index is 193. The standard InChI is InChI=1S/C6H5ClFI/c7-4-6-5(8)2-1-3-9-6/h1-3H,4H2. The highest BCUT2D eigenvalue weighted by Crippen LogP contribution is 2.24. The monoisotopic (exact) mass is 258 g/mol. The molecule has 0 radical (unpaired) electrons. The number of allylic oxidation sites excluding steroid dienone is 4. The van der Waals surface area contributed by atoms with Gasteiger partial charge in [0, 0.05) is 3.58 Å². The molecule has 0 saturated heterocycles. The topological polar surface area (TPSA) is 0 Å². The van der Waals surface area contributed by atoms with Gasteiger partial charge in [0.25, 0.3) is 0 Å². The Morgan fingerprint density at radius 1 is 1.67 bits per heavy atom. The average Bonchev–Trinajstić information content (AvgIpc) is 1.89. The molecule has 0 spiro atoms. The predicted octanol–water partition coefficient (Wildman–Crippen LogP) is 2.75. The van der Waals surface area contributed by atoms with Crippen molar-refractivity contribution >= 4 is 36.3 Å². The molecule has 0 aromatic rings. The summed E-state index contributed by atoms with van der Waals surface area (Å²) in [5.74, 6) is 0.222. The van der Waals surface area contributed by atoms with Crippen molar-refractivity contribution in [2.75, 3.05) is 5.88 Å². The van der Waals surface area contributed by atoms with E-state index in [2.05, 4.69) is 0 Å². The number of hydrogen-bond donors (Lipinski definition) is 0. The van der Waals surface area contributed by atoms with E-state index >= 15 is 0 Å². The number of halogens is 3. The van der Waals surface area contributed by atoms with E-state index in [4.69, 9.17) is 11.6 Å².